The maximum atomic E-state index is 9.35. The summed E-state index contributed by atoms with van der Waals surface area (Å²) in [7, 11) is 2.04. The highest BCUT2D eigenvalue weighted by molar-refractivity contribution is 5.71. The third-order valence-electron chi connectivity index (χ3n) is 4.18. The third kappa shape index (κ3) is 2.12. The van der Waals surface area contributed by atoms with Crippen LogP contribution < -0.4 is 5.32 Å². The van der Waals surface area contributed by atoms with Crippen LogP contribution in [0.15, 0.2) is 6.33 Å². The lowest BCUT2D eigenvalue weighted by molar-refractivity contribution is 0.182. The molecule has 0 spiro atoms. The van der Waals surface area contributed by atoms with Gasteiger partial charge in [0.05, 0.1) is 18.0 Å². The molecule has 2 atom stereocenters. The monoisotopic (exact) mass is 276 g/mol. The van der Waals surface area contributed by atoms with Crippen LogP contribution in [0.25, 0.3) is 5.65 Å². The molecule has 1 aliphatic heterocycles. The maximum Gasteiger partial charge on any atom is 0.200 e. The molecule has 20 heavy (non-hydrogen) atoms. The fourth-order valence-electron chi connectivity index (χ4n) is 2.83. The number of aliphatic hydroxyl groups excluding tert-OH is 1. The molecule has 108 valence electrons. The van der Waals surface area contributed by atoms with Crippen molar-refractivity contribution in [2.24, 2.45) is 0 Å². The highest BCUT2D eigenvalue weighted by atomic mass is 16.3. The van der Waals surface area contributed by atoms with Crippen LogP contribution in [0.3, 0.4) is 0 Å². The molecule has 0 unspecified atom stereocenters. The number of nitrogens with one attached hydrogen (secondary N) is 1. The molecule has 3 heterocycles. The first-order valence-corrected chi connectivity index (χ1v) is 6.85. The molecule has 7 heteroatoms. The number of fused-ring (bicyclic) bond motifs is 1. The summed E-state index contributed by atoms with van der Waals surface area (Å²) in [6, 6.07) is 0.530. The molecule has 3 rings (SSSR count). The number of aromatic nitrogens is 4. The molecule has 2 aromatic rings. The molecular formula is C13H20N6O. The number of hydrogen-bond acceptors (Lipinski definition) is 6. The van der Waals surface area contributed by atoms with Crippen molar-refractivity contribution < 1.29 is 5.11 Å². The van der Waals surface area contributed by atoms with Gasteiger partial charge in [-0.15, -0.1) is 10.2 Å². The van der Waals surface area contributed by atoms with E-state index in [1.54, 1.807) is 10.8 Å². The lowest BCUT2D eigenvalue weighted by Crippen LogP contribution is -2.28. The number of rotatable bonds is 3. The molecule has 0 saturated carbocycles. The standard InChI is InChI=1S/C13H20N6O/c1-8-9(2)17-19-7-14-16-13(19)12(8)15-10-4-11(6-20)18(3)5-10/h7,10-11,15,20H,4-6H2,1-3H3/t10-,11+/m1/s1. The van der Waals surface area contributed by atoms with Crippen molar-refractivity contribution in [2.75, 3.05) is 25.5 Å². The number of likely N-dealkylation sites (N-methyl/N-ethyl adjacent to an activating group) is 1. The van der Waals surface area contributed by atoms with Gasteiger partial charge in [0.15, 0.2) is 0 Å². The van der Waals surface area contributed by atoms with Gasteiger partial charge in [-0.2, -0.15) is 9.61 Å². The van der Waals surface area contributed by atoms with Crippen molar-refractivity contribution >= 4 is 11.3 Å². The maximum absolute atomic E-state index is 9.35. The SMILES string of the molecule is Cc1nn2cnnc2c(N[C@@H]2C[C@@H](CO)N(C)C2)c1C. The summed E-state index contributed by atoms with van der Waals surface area (Å²) in [5.41, 5.74) is 3.81. The van der Waals surface area contributed by atoms with Crippen LogP contribution >= 0.6 is 0 Å². The lowest BCUT2D eigenvalue weighted by Gasteiger charge is -2.17. The minimum absolute atomic E-state index is 0.198. The van der Waals surface area contributed by atoms with E-state index >= 15 is 0 Å². The smallest absolute Gasteiger partial charge is 0.200 e. The summed E-state index contributed by atoms with van der Waals surface area (Å²) in [5, 5.41) is 25.4. The first kappa shape index (κ1) is 13.3. The fourth-order valence-corrected chi connectivity index (χ4v) is 2.83. The molecule has 0 amide bonds. The molecule has 2 aromatic heterocycles. The van der Waals surface area contributed by atoms with Crippen LogP contribution in [0.5, 0.6) is 0 Å². The van der Waals surface area contributed by atoms with Gasteiger partial charge in [-0.25, -0.2) is 0 Å². The van der Waals surface area contributed by atoms with Crippen molar-refractivity contribution in [1.29, 1.82) is 0 Å². The van der Waals surface area contributed by atoms with Crippen LogP contribution in [0.1, 0.15) is 17.7 Å². The summed E-state index contributed by atoms with van der Waals surface area (Å²) in [6.45, 7) is 5.13. The van der Waals surface area contributed by atoms with Crippen molar-refractivity contribution in [1.82, 2.24) is 24.7 Å². The Morgan fingerprint density at radius 3 is 2.95 bits per heavy atom. The summed E-state index contributed by atoms with van der Waals surface area (Å²) in [5.74, 6) is 0. The quantitative estimate of drug-likeness (QED) is 0.835. The highest BCUT2D eigenvalue weighted by Crippen LogP contribution is 2.25. The molecule has 7 nitrogen and oxygen atoms in total. The van der Waals surface area contributed by atoms with E-state index in [2.05, 4.69) is 25.5 Å². The summed E-state index contributed by atoms with van der Waals surface area (Å²) >= 11 is 0. The Labute approximate surface area is 117 Å². The Hall–Kier alpha value is -1.73. The van der Waals surface area contributed by atoms with E-state index in [-0.39, 0.29) is 12.6 Å². The van der Waals surface area contributed by atoms with Gasteiger partial charge >= 0.3 is 0 Å². The first-order valence-electron chi connectivity index (χ1n) is 6.85. The van der Waals surface area contributed by atoms with Crippen molar-refractivity contribution in [2.45, 2.75) is 32.4 Å². The van der Waals surface area contributed by atoms with Crippen molar-refractivity contribution in [3.63, 3.8) is 0 Å². The van der Waals surface area contributed by atoms with E-state index in [0.29, 0.717) is 6.04 Å². The number of nitrogens with zero attached hydrogens (tertiary/aromatic N) is 5. The van der Waals surface area contributed by atoms with Gasteiger partial charge < -0.3 is 10.4 Å². The van der Waals surface area contributed by atoms with Gasteiger partial charge in [-0.05, 0) is 32.9 Å². The molecule has 0 aliphatic carbocycles. The molecule has 0 radical (unpaired) electrons. The minimum atomic E-state index is 0.198. The molecule has 1 saturated heterocycles. The Balaban J connectivity index is 1.91. The Kier molecular flexibility index (Phi) is 3.31. The van der Waals surface area contributed by atoms with Crippen LogP contribution in [0.4, 0.5) is 5.69 Å². The molecule has 1 fully saturated rings. The lowest BCUT2D eigenvalue weighted by atomic mass is 10.1. The molecule has 1 aliphatic rings. The average Bonchev–Trinajstić information content (AvgIpc) is 3.01. The van der Waals surface area contributed by atoms with Crippen LogP contribution in [-0.4, -0.2) is 62.1 Å². The topological polar surface area (TPSA) is 78.6 Å². The predicted octanol–water partition coefficient (Wildman–Crippen LogP) is 0.218. The average molecular weight is 276 g/mol. The Morgan fingerprint density at radius 2 is 2.25 bits per heavy atom. The molecule has 0 aromatic carbocycles. The largest absolute Gasteiger partial charge is 0.395 e. The third-order valence-corrected chi connectivity index (χ3v) is 4.18. The van der Waals surface area contributed by atoms with E-state index < -0.39 is 0 Å². The Bertz CT molecular complexity index is 625. The number of anilines is 1. The second kappa shape index (κ2) is 4.99. The zero-order valence-corrected chi connectivity index (χ0v) is 12.0. The van der Waals surface area contributed by atoms with Gasteiger partial charge in [0.2, 0.25) is 5.65 Å². The highest BCUT2D eigenvalue weighted by Gasteiger charge is 2.29. The number of likely N-dealkylation sites (tertiary alicyclic amines) is 1. The number of hydrogen-bond donors (Lipinski definition) is 2. The van der Waals surface area contributed by atoms with Gasteiger partial charge in [0, 0.05) is 18.6 Å². The van der Waals surface area contributed by atoms with Gasteiger partial charge in [0.25, 0.3) is 0 Å². The summed E-state index contributed by atoms with van der Waals surface area (Å²) in [4.78, 5) is 2.18. The van der Waals surface area contributed by atoms with Crippen molar-refractivity contribution in [3.8, 4) is 0 Å². The number of aliphatic hydroxyl groups is 1. The van der Waals surface area contributed by atoms with Gasteiger partial charge in [-0.1, -0.05) is 0 Å². The second-order valence-corrected chi connectivity index (χ2v) is 5.54. The fraction of sp³-hybridized carbons (Fsp3) is 0.615. The summed E-state index contributed by atoms with van der Waals surface area (Å²) < 4.78 is 1.70. The van der Waals surface area contributed by atoms with E-state index in [9.17, 15) is 5.11 Å². The van der Waals surface area contributed by atoms with Gasteiger partial charge in [-0.3, -0.25) is 4.90 Å². The Morgan fingerprint density at radius 1 is 1.45 bits per heavy atom. The zero-order valence-electron chi connectivity index (χ0n) is 12.0. The minimum Gasteiger partial charge on any atom is -0.395 e. The summed E-state index contributed by atoms with van der Waals surface area (Å²) in [6.07, 6.45) is 2.54. The van der Waals surface area contributed by atoms with E-state index in [4.69, 9.17) is 0 Å². The predicted molar refractivity (Wildman–Crippen MR) is 75.8 cm³/mol. The molecule has 2 N–H and O–H groups in total. The number of aryl methyl sites for hydroxylation is 1. The van der Waals surface area contributed by atoms with Crippen LogP contribution in [-0.2, 0) is 0 Å². The first-order chi connectivity index (χ1) is 9.60. The van der Waals surface area contributed by atoms with Crippen LogP contribution in [0.2, 0.25) is 0 Å². The molecule has 0 bridgehead atoms. The second-order valence-electron chi connectivity index (χ2n) is 5.54. The molecular weight excluding hydrogens is 256 g/mol. The van der Waals surface area contributed by atoms with Crippen molar-refractivity contribution in [3.05, 3.63) is 17.6 Å². The zero-order chi connectivity index (χ0) is 14.3. The van der Waals surface area contributed by atoms with Gasteiger partial charge in [0.1, 0.15) is 6.33 Å². The van der Waals surface area contributed by atoms with Crippen LogP contribution in [0, 0.1) is 13.8 Å². The van der Waals surface area contributed by atoms with E-state index in [1.807, 2.05) is 20.9 Å². The van der Waals surface area contributed by atoms with E-state index in [0.717, 1.165) is 35.6 Å². The van der Waals surface area contributed by atoms with E-state index in [1.165, 1.54) is 0 Å². The normalized spacial score (nSPS) is 23.6.